The lowest BCUT2D eigenvalue weighted by Gasteiger charge is -2.27. The molecule has 0 aliphatic carbocycles. The van der Waals surface area contributed by atoms with Crippen molar-refractivity contribution >= 4 is 35.3 Å². The number of anilines is 1. The number of allylic oxidation sites excluding steroid dienone is 1. The lowest BCUT2D eigenvalue weighted by molar-refractivity contribution is -0.136. The fourth-order valence-corrected chi connectivity index (χ4v) is 3.02. The first-order valence-electron chi connectivity index (χ1n) is 6.87. The van der Waals surface area contributed by atoms with Crippen molar-refractivity contribution in [2.75, 3.05) is 18.7 Å². The molecule has 120 valence electrons. The van der Waals surface area contributed by atoms with Crippen LogP contribution in [0.25, 0.3) is 0 Å². The second kappa shape index (κ2) is 6.25. The van der Waals surface area contributed by atoms with Gasteiger partial charge in [-0.25, -0.2) is 9.48 Å². The Hall–Kier alpha value is -1.99. The molecule has 1 atom stereocenters. The van der Waals surface area contributed by atoms with Gasteiger partial charge in [-0.3, -0.25) is 0 Å². The Balaban J connectivity index is 2.18. The summed E-state index contributed by atoms with van der Waals surface area (Å²) < 4.78 is 6.66. The van der Waals surface area contributed by atoms with Crippen molar-refractivity contribution in [3.05, 3.63) is 46.1 Å². The van der Waals surface area contributed by atoms with Crippen LogP contribution < -0.4 is 5.32 Å². The maximum Gasteiger partial charge on any atom is 0.338 e. The molecule has 0 unspecified atom stereocenters. The molecule has 3 rings (SSSR count). The average molecular weight is 351 g/mol. The van der Waals surface area contributed by atoms with Crippen molar-refractivity contribution in [3.63, 3.8) is 0 Å². The molecule has 1 aromatic heterocycles. The zero-order chi connectivity index (χ0) is 16.6. The fourth-order valence-electron chi connectivity index (χ4n) is 2.55. The molecule has 6 nitrogen and oxygen atoms in total. The van der Waals surface area contributed by atoms with Gasteiger partial charge >= 0.3 is 5.97 Å². The first-order chi connectivity index (χ1) is 11.0. The van der Waals surface area contributed by atoms with Crippen LogP contribution >= 0.6 is 23.4 Å². The largest absolute Gasteiger partial charge is 0.466 e. The van der Waals surface area contributed by atoms with Gasteiger partial charge in [0, 0.05) is 10.7 Å². The second-order valence-corrected chi connectivity index (χ2v) is 6.19. The van der Waals surface area contributed by atoms with Crippen LogP contribution in [-0.2, 0) is 9.53 Å². The summed E-state index contributed by atoms with van der Waals surface area (Å²) in [4.78, 5) is 16.7. The van der Waals surface area contributed by atoms with E-state index in [0.29, 0.717) is 27.4 Å². The summed E-state index contributed by atoms with van der Waals surface area (Å²) in [6.07, 6.45) is 1.90. The molecule has 0 saturated heterocycles. The first kappa shape index (κ1) is 15.9. The molecule has 0 radical (unpaired) electrons. The highest BCUT2D eigenvalue weighted by atomic mass is 35.5. The zero-order valence-corrected chi connectivity index (χ0v) is 14.4. The number of carbonyl (C=O) groups excluding carboxylic acids is 1. The maximum atomic E-state index is 12.3. The molecule has 1 aromatic carbocycles. The van der Waals surface area contributed by atoms with Crippen molar-refractivity contribution in [2.24, 2.45) is 0 Å². The predicted octanol–water partition coefficient (Wildman–Crippen LogP) is 3.12. The summed E-state index contributed by atoms with van der Waals surface area (Å²) in [6, 6.07) is 6.91. The van der Waals surface area contributed by atoms with E-state index in [0.717, 1.165) is 5.56 Å². The molecule has 2 heterocycles. The van der Waals surface area contributed by atoms with Crippen molar-refractivity contribution in [1.82, 2.24) is 14.8 Å². The summed E-state index contributed by atoms with van der Waals surface area (Å²) in [6.45, 7) is 1.83. The zero-order valence-electron chi connectivity index (χ0n) is 12.8. The minimum atomic E-state index is -0.413. The highest BCUT2D eigenvalue weighted by Crippen LogP contribution is 2.36. The van der Waals surface area contributed by atoms with Crippen LogP contribution in [-0.4, -0.2) is 34.1 Å². The van der Waals surface area contributed by atoms with Crippen LogP contribution in [0.4, 0.5) is 5.95 Å². The van der Waals surface area contributed by atoms with Gasteiger partial charge in [0.05, 0.1) is 12.7 Å². The molecule has 0 bridgehead atoms. The Labute approximate surface area is 142 Å². The molecule has 1 aliphatic heterocycles. The van der Waals surface area contributed by atoms with E-state index < -0.39 is 12.0 Å². The number of nitrogens with one attached hydrogen (secondary N) is 1. The number of benzene rings is 1. The Morgan fingerprint density at radius 2 is 2.09 bits per heavy atom. The normalized spacial score (nSPS) is 16.8. The topological polar surface area (TPSA) is 69.0 Å². The van der Waals surface area contributed by atoms with Crippen LogP contribution in [0.2, 0.25) is 5.02 Å². The maximum absolute atomic E-state index is 12.3. The number of hydrogen-bond acceptors (Lipinski definition) is 6. The van der Waals surface area contributed by atoms with Crippen LogP contribution in [0.3, 0.4) is 0 Å². The lowest BCUT2D eigenvalue weighted by Crippen LogP contribution is -2.29. The molecule has 0 fully saturated rings. The number of carbonyl (C=O) groups is 1. The molecular formula is C15H15ClN4O2S. The Bertz CT molecular complexity index is 785. The first-order valence-corrected chi connectivity index (χ1v) is 8.47. The Morgan fingerprint density at radius 3 is 2.70 bits per heavy atom. The number of halogens is 1. The van der Waals surface area contributed by atoms with Crippen molar-refractivity contribution in [2.45, 2.75) is 18.1 Å². The van der Waals surface area contributed by atoms with Gasteiger partial charge in [-0.05, 0) is 30.9 Å². The lowest BCUT2D eigenvalue weighted by atomic mass is 9.96. The Morgan fingerprint density at radius 1 is 1.39 bits per heavy atom. The Kier molecular flexibility index (Phi) is 4.32. The molecule has 8 heteroatoms. The monoisotopic (exact) mass is 350 g/mol. The third kappa shape index (κ3) is 2.82. The average Bonchev–Trinajstić information content (AvgIpc) is 2.96. The van der Waals surface area contributed by atoms with E-state index in [-0.39, 0.29) is 0 Å². The van der Waals surface area contributed by atoms with E-state index in [1.807, 2.05) is 25.3 Å². The number of esters is 1. The van der Waals surface area contributed by atoms with E-state index in [1.54, 1.807) is 16.8 Å². The van der Waals surface area contributed by atoms with Gasteiger partial charge < -0.3 is 10.1 Å². The van der Waals surface area contributed by atoms with Crippen molar-refractivity contribution in [3.8, 4) is 0 Å². The molecule has 1 N–H and O–H groups in total. The second-order valence-electron chi connectivity index (χ2n) is 4.98. The van der Waals surface area contributed by atoms with E-state index in [2.05, 4.69) is 15.4 Å². The molecule has 0 spiro atoms. The number of hydrogen-bond donors (Lipinski definition) is 1. The molecule has 0 saturated carbocycles. The number of fused-ring (bicyclic) bond motifs is 1. The standard InChI is InChI=1S/C15H15ClN4O2S/c1-8-11(13(21)22-2)12(9-4-6-10(16)7-5-9)20-14(17-8)18-15(19-20)23-3/h4-7,12H,1-3H3,(H,17,18,19)/t12-/m1/s1. The summed E-state index contributed by atoms with van der Waals surface area (Å²) in [5.41, 5.74) is 2.08. The van der Waals surface area contributed by atoms with E-state index in [9.17, 15) is 4.79 Å². The SMILES string of the molecule is COC(=O)C1=C(C)Nc2nc(SC)nn2[C@@H]1c1ccc(Cl)cc1. The third-order valence-electron chi connectivity index (χ3n) is 3.61. The molecule has 2 aromatic rings. The predicted molar refractivity (Wildman–Crippen MR) is 89.7 cm³/mol. The quantitative estimate of drug-likeness (QED) is 0.677. The minimum absolute atomic E-state index is 0.401. The van der Waals surface area contributed by atoms with E-state index >= 15 is 0 Å². The van der Waals surface area contributed by atoms with Crippen LogP contribution in [0.5, 0.6) is 0 Å². The van der Waals surface area contributed by atoms with Crippen LogP contribution in [0.15, 0.2) is 40.7 Å². The van der Waals surface area contributed by atoms with Gasteiger partial charge in [0.25, 0.3) is 0 Å². The number of thioether (sulfide) groups is 1. The molecular weight excluding hydrogens is 336 g/mol. The fraction of sp³-hybridized carbons (Fsp3) is 0.267. The number of ether oxygens (including phenoxy) is 1. The van der Waals surface area contributed by atoms with Gasteiger partial charge in [-0.1, -0.05) is 35.5 Å². The number of nitrogens with zero attached hydrogens (tertiary/aromatic N) is 3. The molecule has 23 heavy (non-hydrogen) atoms. The smallest absolute Gasteiger partial charge is 0.338 e. The number of rotatable bonds is 3. The van der Waals surface area contributed by atoms with Crippen molar-refractivity contribution < 1.29 is 9.53 Å². The summed E-state index contributed by atoms with van der Waals surface area (Å²) in [5, 5.41) is 8.86. The summed E-state index contributed by atoms with van der Waals surface area (Å²) in [5.74, 6) is 0.196. The van der Waals surface area contributed by atoms with Crippen LogP contribution in [0.1, 0.15) is 18.5 Å². The highest BCUT2D eigenvalue weighted by molar-refractivity contribution is 7.98. The van der Waals surface area contributed by atoms with Gasteiger partial charge in [0.2, 0.25) is 11.1 Å². The van der Waals surface area contributed by atoms with Gasteiger partial charge in [-0.2, -0.15) is 4.98 Å². The number of methoxy groups -OCH3 is 1. The minimum Gasteiger partial charge on any atom is -0.466 e. The molecule has 0 amide bonds. The van der Waals surface area contributed by atoms with Gasteiger partial charge in [-0.15, -0.1) is 5.10 Å². The molecule has 1 aliphatic rings. The van der Waals surface area contributed by atoms with Crippen LogP contribution in [0, 0.1) is 0 Å². The third-order valence-corrected chi connectivity index (χ3v) is 4.40. The highest BCUT2D eigenvalue weighted by Gasteiger charge is 2.34. The van der Waals surface area contributed by atoms with Crippen molar-refractivity contribution in [1.29, 1.82) is 0 Å². The van der Waals surface area contributed by atoms with E-state index in [1.165, 1.54) is 18.9 Å². The van der Waals surface area contributed by atoms with Gasteiger partial charge in [0.15, 0.2) is 0 Å². The van der Waals surface area contributed by atoms with Gasteiger partial charge in [0.1, 0.15) is 6.04 Å². The van der Waals surface area contributed by atoms with E-state index in [4.69, 9.17) is 16.3 Å². The summed E-state index contributed by atoms with van der Waals surface area (Å²) in [7, 11) is 1.37. The number of aromatic nitrogens is 3. The summed E-state index contributed by atoms with van der Waals surface area (Å²) >= 11 is 7.42.